The first-order valence-corrected chi connectivity index (χ1v) is 5.55. The monoisotopic (exact) mass is 224 g/mol. The molecule has 0 amide bonds. The molecule has 4 nitrogen and oxygen atoms in total. The van der Waals surface area contributed by atoms with Gasteiger partial charge >= 0.3 is 0 Å². The molecule has 0 radical (unpaired) electrons. The summed E-state index contributed by atoms with van der Waals surface area (Å²) in [7, 11) is 0. The summed E-state index contributed by atoms with van der Waals surface area (Å²) in [6, 6.07) is 3.75. The summed E-state index contributed by atoms with van der Waals surface area (Å²) in [5, 5.41) is 0. The lowest BCUT2D eigenvalue weighted by Crippen LogP contribution is -2.12. The van der Waals surface area contributed by atoms with E-state index in [1.165, 1.54) is 0 Å². The first-order valence-electron chi connectivity index (χ1n) is 5.55. The molecule has 0 saturated carbocycles. The molecule has 2 N–H and O–H groups in total. The Morgan fingerprint density at radius 2 is 2.06 bits per heavy atom. The molecule has 0 fully saturated rings. The van der Waals surface area contributed by atoms with E-state index in [-0.39, 0.29) is 12.1 Å². The standard InChI is InChI=1S/C12H20N2O2/c1-9(2)15-6-7-16-12-8-11(10(3)13)4-5-14-12/h4-5,8-10H,6-7,13H2,1-3H3/t10-/m0/s1. The van der Waals surface area contributed by atoms with Crippen molar-refractivity contribution in [1.29, 1.82) is 0 Å². The first kappa shape index (κ1) is 12.9. The summed E-state index contributed by atoms with van der Waals surface area (Å²) in [4.78, 5) is 4.11. The smallest absolute Gasteiger partial charge is 0.213 e. The molecular formula is C12H20N2O2. The number of ether oxygens (including phenoxy) is 2. The average molecular weight is 224 g/mol. The zero-order valence-electron chi connectivity index (χ0n) is 10.1. The molecule has 0 spiro atoms. The second-order valence-corrected chi connectivity index (χ2v) is 3.98. The minimum absolute atomic E-state index is 0.00253. The number of nitrogens with two attached hydrogens (primary N) is 1. The normalized spacial score (nSPS) is 12.8. The Balaban J connectivity index is 2.39. The highest BCUT2D eigenvalue weighted by Crippen LogP contribution is 2.14. The number of aromatic nitrogens is 1. The summed E-state index contributed by atoms with van der Waals surface area (Å²) in [6.45, 7) is 7.00. The van der Waals surface area contributed by atoms with Gasteiger partial charge in [0.2, 0.25) is 5.88 Å². The lowest BCUT2D eigenvalue weighted by atomic mass is 10.1. The van der Waals surface area contributed by atoms with Gasteiger partial charge in [-0.15, -0.1) is 0 Å². The predicted octanol–water partition coefficient (Wildman–Crippen LogP) is 1.91. The van der Waals surface area contributed by atoms with Gasteiger partial charge in [-0.2, -0.15) is 0 Å². The van der Waals surface area contributed by atoms with Gasteiger partial charge in [0, 0.05) is 18.3 Å². The van der Waals surface area contributed by atoms with Crippen LogP contribution in [0.3, 0.4) is 0 Å². The molecule has 0 aliphatic heterocycles. The van der Waals surface area contributed by atoms with Gasteiger partial charge in [-0.25, -0.2) is 4.98 Å². The van der Waals surface area contributed by atoms with Crippen LogP contribution in [0.25, 0.3) is 0 Å². The van der Waals surface area contributed by atoms with Crippen molar-refractivity contribution >= 4 is 0 Å². The summed E-state index contributed by atoms with van der Waals surface area (Å²) in [5.74, 6) is 0.599. The van der Waals surface area contributed by atoms with Crippen molar-refractivity contribution in [3.63, 3.8) is 0 Å². The molecular weight excluding hydrogens is 204 g/mol. The van der Waals surface area contributed by atoms with Crippen molar-refractivity contribution in [2.45, 2.75) is 32.9 Å². The lowest BCUT2D eigenvalue weighted by molar-refractivity contribution is 0.0542. The Labute approximate surface area is 96.8 Å². The highest BCUT2D eigenvalue weighted by molar-refractivity contribution is 5.22. The molecule has 0 aliphatic carbocycles. The second-order valence-electron chi connectivity index (χ2n) is 3.98. The number of rotatable bonds is 6. The van der Waals surface area contributed by atoms with Gasteiger partial charge in [0.25, 0.3) is 0 Å². The van der Waals surface area contributed by atoms with Gasteiger partial charge in [0.1, 0.15) is 6.61 Å². The quantitative estimate of drug-likeness (QED) is 0.750. The average Bonchev–Trinajstić information content (AvgIpc) is 2.24. The Morgan fingerprint density at radius 1 is 1.31 bits per heavy atom. The molecule has 1 aromatic heterocycles. The van der Waals surface area contributed by atoms with Crippen molar-refractivity contribution in [3.05, 3.63) is 23.9 Å². The zero-order chi connectivity index (χ0) is 12.0. The fourth-order valence-electron chi connectivity index (χ4n) is 1.22. The summed E-state index contributed by atoms with van der Waals surface area (Å²) in [5.41, 5.74) is 6.79. The minimum atomic E-state index is -0.00253. The third-order valence-electron chi connectivity index (χ3n) is 2.07. The predicted molar refractivity (Wildman–Crippen MR) is 63.4 cm³/mol. The van der Waals surface area contributed by atoms with Gasteiger partial charge in [-0.1, -0.05) is 0 Å². The minimum Gasteiger partial charge on any atom is -0.475 e. The van der Waals surface area contributed by atoms with Crippen LogP contribution in [0.15, 0.2) is 18.3 Å². The van der Waals surface area contributed by atoms with E-state index >= 15 is 0 Å². The van der Waals surface area contributed by atoms with Crippen LogP contribution in [0.5, 0.6) is 5.88 Å². The van der Waals surface area contributed by atoms with Crippen molar-refractivity contribution < 1.29 is 9.47 Å². The lowest BCUT2D eigenvalue weighted by Gasteiger charge is -2.10. The molecule has 0 aromatic carbocycles. The largest absolute Gasteiger partial charge is 0.475 e. The van der Waals surface area contributed by atoms with E-state index in [4.69, 9.17) is 15.2 Å². The van der Waals surface area contributed by atoms with E-state index in [0.717, 1.165) is 5.56 Å². The van der Waals surface area contributed by atoms with Crippen LogP contribution in [0.2, 0.25) is 0 Å². The van der Waals surface area contributed by atoms with E-state index < -0.39 is 0 Å². The van der Waals surface area contributed by atoms with E-state index in [9.17, 15) is 0 Å². The molecule has 1 atom stereocenters. The fraction of sp³-hybridized carbons (Fsp3) is 0.583. The van der Waals surface area contributed by atoms with Gasteiger partial charge in [0.15, 0.2) is 0 Å². The van der Waals surface area contributed by atoms with Crippen LogP contribution in [0, 0.1) is 0 Å². The Kier molecular flexibility index (Phi) is 5.22. The number of hydrogen-bond acceptors (Lipinski definition) is 4. The van der Waals surface area contributed by atoms with Crippen LogP contribution in [0.1, 0.15) is 32.4 Å². The summed E-state index contributed by atoms with van der Waals surface area (Å²) in [6.07, 6.45) is 1.93. The second kappa shape index (κ2) is 6.45. The third-order valence-corrected chi connectivity index (χ3v) is 2.07. The van der Waals surface area contributed by atoms with Crippen molar-refractivity contribution in [1.82, 2.24) is 4.98 Å². The fourth-order valence-corrected chi connectivity index (χ4v) is 1.22. The molecule has 0 aliphatic rings. The molecule has 4 heteroatoms. The Morgan fingerprint density at radius 3 is 2.69 bits per heavy atom. The molecule has 1 heterocycles. The first-order chi connectivity index (χ1) is 7.59. The van der Waals surface area contributed by atoms with Crippen LogP contribution in [-0.2, 0) is 4.74 Å². The van der Waals surface area contributed by atoms with Gasteiger partial charge in [-0.3, -0.25) is 0 Å². The number of pyridine rings is 1. The Hall–Kier alpha value is -1.13. The third kappa shape index (κ3) is 4.59. The molecule has 1 aromatic rings. The van der Waals surface area contributed by atoms with Crippen LogP contribution < -0.4 is 10.5 Å². The van der Waals surface area contributed by atoms with Crippen molar-refractivity contribution in [2.24, 2.45) is 5.73 Å². The molecule has 0 saturated heterocycles. The van der Waals surface area contributed by atoms with E-state index in [1.54, 1.807) is 6.20 Å². The molecule has 0 bridgehead atoms. The van der Waals surface area contributed by atoms with Crippen LogP contribution in [-0.4, -0.2) is 24.3 Å². The van der Waals surface area contributed by atoms with Crippen LogP contribution in [0.4, 0.5) is 0 Å². The SMILES string of the molecule is CC(C)OCCOc1cc([C@H](C)N)ccn1. The van der Waals surface area contributed by atoms with E-state index in [2.05, 4.69) is 4.98 Å². The maximum absolute atomic E-state index is 5.77. The highest BCUT2D eigenvalue weighted by atomic mass is 16.5. The Bertz CT molecular complexity index is 314. The van der Waals surface area contributed by atoms with Gasteiger partial charge in [-0.05, 0) is 32.4 Å². The number of hydrogen-bond donors (Lipinski definition) is 1. The zero-order valence-corrected chi connectivity index (χ0v) is 10.1. The van der Waals surface area contributed by atoms with Crippen LogP contribution >= 0.6 is 0 Å². The van der Waals surface area contributed by atoms with E-state index in [0.29, 0.717) is 19.1 Å². The maximum atomic E-state index is 5.77. The highest BCUT2D eigenvalue weighted by Gasteiger charge is 2.02. The van der Waals surface area contributed by atoms with Crippen molar-refractivity contribution in [3.8, 4) is 5.88 Å². The van der Waals surface area contributed by atoms with E-state index in [1.807, 2.05) is 32.9 Å². The molecule has 90 valence electrons. The van der Waals surface area contributed by atoms with Gasteiger partial charge in [0.05, 0.1) is 12.7 Å². The summed E-state index contributed by atoms with van der Waals surface area (Å²) >= 11 is 0. The van der Waals surface area contributed by atoms with Crippen molar-refractivity contribution in [2.75, 3.05) is 13.2 Å². The topological polar surface area (TPSA) is 57.4 Å². The molecule has 0 unspecified atom stereocenters. The maximum Gasteiger partial charge on any atom is 0.213 e. The molecule has 16 heavy (non-hydrogen) atoms. The number of nitrogens with zero attached hydrogens (tertiary/aromatic N) is 1. The molecule has 1 rings (SSSR count). The van der Waals surface area contributed by atoms with Gasteiger partial charge < -0.3 is 15.2 Å². The summed E-state index contributed by atoms with van der Waals surface area (Å²) < 4.78 is 10.8.